The summed E-state index contributed by atoms with van der Waals surface area (Å²) in [7, 11) is 0. The minimum atomic E-state index is -0.163. The number of hydrogen-bond acceptors (Lipinski definition) is 2. The molecular formula is C40H83NO. The Labute approximate surface area is 268 Å². The molecule has 0 aliphatic carbocycles. The molecule has 0 bridgehead atoms. The van der Waals surface area contributed by atoms with Gasteiger partial charge >= 0.3 is 0 Å². The van der Waals surface area contributed by atoms with Gasteiger partial charge in [-0.15, -0.1) is 0 Å². The third-order valence-electron chi connectivity index (χ3n) is 9.52. The zero-order chi connectivity index (χ0) is 30.6. The average Bonchev–Trinajstić information content (AvgIpc) is 2.98. The lowest BCUT2D eigenvalue weighted by Gasteiger charge is -2.23. The van der Waals surface area contributed by atoms with Gasteiger partial charge in [0.05, 0.1) is 6.10 Å². The number of rotatable bonds is 37. The normalized spacial score (nSPS) is 12.5. The topological polar surface area (TPSA) is 23.5 Å². The lowest BCUT2D eigenvalue weighted by molar-refractivity contribution is 0.154. The second-order valence-corrected chi connectivity index (χ2v) is 14.1. The average molecular weight is 594 g/mol. The Balaban J connectivity index is 3.54. The molecule has 0 aliphatic heterocycles. The maximum absolute atomic E-state index is 9.80. The standard InChI is InChI=1S/C40H83NO/c1-4-6-8-10-12-14-16-18-20-22-24-26-28-30-32-34-37-41(39-36-40(3)42)38-35-33-31-29-27-25-23-21-19-17-15-13-11-9-7-5-2/h40,42H,4-39H2,1-3H3. The van der Waals surface area contributed by atoms with E-state index in [4.69, 9.17) is 0 Å². The SMILES string of the molecule is CCCCCCCCCCCCCCCCCCN(CCCCCCCCCCCCCCCCCC)CCC(C)O. The van der Waals surface area contributed by atoms with Crippen LogP contribution in [0.5, 0.6) is 0 Å². The number of hydrogen-bond donors (Lipinski definition) is 1. The van der Waals surface area contributed by atoms with E-state index < -0.39 is 0 Å². The van der Waals surface area contributed by atoms with Crippen molar-refractivity contribution in [2.75, 3.05) is 19.6 Å². The van der Waals surface area contributed by atoms with E-state index in [2.05, 4.69) is 18.7 Å². The molecule has 0 radical (unpaired) electrons. The fourth-order valence-corrected chi connectivity index (χ4v) is 6.47. The summed E-state index contributed by atoms with van der Waals surface area (Å²) in [6, 6.07) is 0. The minimum Gasteiger partial charge on any atom is -0.393 e. The lowest BCUT2D eigenvalue weighted by Crippen LogP contribution is -2.29. The van der Waals surface area contributed by atoms with Crippen LogP contribution in [0.25, 0.3) is 0 Å². The van der Waals surface area contributed by atoms with E-state index in [-0.39, 0.29) is 6.10 Å². The Morgan fingerprint density at radius 2 is 0.548 bits per heavy atom. The molecule has 1 unspecified atom stereocenters. The Bertz CT molecular complexity index is 429. The Morgan fingerprint density at radius 1 is 0.333 bits per heavy atom. The Morgan fingerprint density at radius 3 is 0.762 bits per heavy atom. The highest BCUT2D eigenvalue weighted by atomic mass is 16.3. The predicted molar refractivity (Wildman–Crippen MR) is 192 cm³/mol. The van der Waals surface area contributed by atoms with Crippen LogP contribution in [0.15, 0.2) is 0 Å². The Kier molecular flexibility index (Phi) is 37.0. The van der Waals surface area contributed by atoms with Gasteiger partial charge in [-0.3, -0.25) is 0 Å². The van der Waals surface area contributed by atoms with Gasteiger partial charge < -0.3 is 10.0 Å². The second-order valence-electron chi connectivity index (χ2n) is 14.1. The smallest absolute Gasteiger partial charge is 0.0524 e. The molecule has 0 aliphatic rings. The van der Waals surface area contributed by atoms with Crippen molar-refractivity contribution in [3.63, 3.8) is 0 Å². The van der Waals surface area contributed by atoms with Gasteiger partial charge in [0.1, 0.15) is 0 Å². The first-order valence-corrected chi connectivity index (χ1v) is 20.1. The fraction of sp³-hybridized carbons (Fsp3) is 1.00. The fourth-order valence-electron chi connectivity index (χ4n) is 6.47. The van der Waals surface area contributed by atoms with E-state index in [1.807, 2.05) is 6.92 Å². The van der Waals surface area contributed by atoms with Crippen molar-refractivity contribution in [2.45, 2.75) is 239 Å². The van der Waals surface area contributed by atoms with Crippen LogP contribution in [0.3, 0.4) is 0 Å². The largest absolute Gasteiger partial charge is 0.393 e. The van der Waals surface area contributed by atoms with Gasteiger partial charge in [0.25, 0.3) is 0 Å². The number of unbranched alkanes of at least 4 members (excludes halogenated alkanes) is 30. The molecule has 0 rings (SSSR count). The van der Waals surface area contributed by atoms with Crippen molar-refractivity contribution in [1.82, 2.24) is 4.90 Å². The van der Waals surface area contributed by atoms with Gasteiger partial charge in [-0.1, -0.05) is 206 Å². The third-order valence-corrected chi connectivity index (χ3v) is 9.52. The van der Waals surface area contributed by atoms with E-state index in [1.54, 1.807) is 0 Å². The van der Waals surface area contributed by atoms with Gasteiger partial charge in [0.15, 0.2) is 0 Å². The van der Waals surface area contributed by atoms with Gasteiger partial charge in [0.2, 0.25) is 0 Å². The van der Waals surface area contributed by atoms with Crippen LogP contribution < -0.4 is 0 Å². The zero-order valence-corrected chi connectivity index (χ0v) is 29.9. The highest BCUT2D eigenvalue weighted by molar-refractivity contribution is 4.62. The molecule has 2 nitrogen and oxygen atoms in total. The molecule has 0 saturated heterocycles. The number of aliphatic hydroxyl groups excluding tert-OH is 1. The molecule has 42 heavy (non-hydrogen) atoms. The monoisotopic (exact) mass is 594 g/mol. The summed E-state index contributed by atoms with van der Waals surface area (Å²) in [5, 5.41) is 9.80. The molecule has 0 aromatic rings. The summed E-state index contributed by atoms with van der Waals surface area (Å²) in [6.45, 7) is 10.1. The van der Waals surface area contributed by atoms with Crippen molar-refractivity contribution in [2.24, 2.45) is 0 Å². The minimum absolute atomic E-state index is 0.163. The summed E-state index contributed by atoms with van der Waals surface area (Å²) < 4.78 is 0. The van der Waals surface area contributed by atoms with Crippen LogP contribution in [0.4, 0.5) is 0 Å². The molecule has 0 amide bonds. The van der Waals surface area contributed by atoms with Crippen molar-refractivity contribution in [3.8, 4) is 0 Å². The van der Waals surface area contributed by atoms with E-state index in [1.165, 1.54) is 219 Å². The zero-order valence-electron chi connectivity index (χ0n) is 29.9. The van der Waals surface area contributed by atoms with Gasteiger partial charge in [0, 0.05) is 6.54 Å². The van der Waals surface area contributed by atoms with Crippen LogP contribution in [0.1, 0.15) is 233 Å². The highest BCUT2D eigenvalue weighted by Crippen LogP contribution is 2.16. The lowest BCUT2D eigenvalue weighted by atomic mass is 10.0. The molecular weight excluding hydrogens is 510 g/mol. The highest BCUT2D eigenvalue weighted by Gasteiger charge is 2.07. The first-order chi connectivity index (χ1) is 20.7. The van der Waals surface area contributed by atoms with Gasteiger partial charge in [-0.2, -0.15) is 0 Å². The van der Waals surface area contributed by atoms with E-state index >= 15 is 0 Å². The van der Waals surface area contributed by atoms with Crippen LogP contribution in [-0.2, 0) is 0 Å². The second kappa shape index (κ2) is 37.1. The summed E-state index contributed by atoms with van der Waals surface area (Å²) in [4.78, 5) is 2.65. The molecule has 1 N–H and O–H groups in total. The summed E-state index contributed by atoms with van der Waals surface area (Å²) in [5.74, 6) is 0. The quantitative estimate of drug-likeness (QED) is 0.0724. The van der Waals surface area contributed by atoms with E-state index in [0.29, 0.717) is 0 Å². The van der Waals surface area contributed by atoms with E-state index in [0.717, 1.165) is 13.0 Å². The van der Waals surface area contributed by atoms with Crippen molar-refractivity contribution in [1.29, 1.82) is 0 Å². The van der Waals surface area contributed by atoms with Crippen LogP contribution in [0.2, 0.25) is 0 Å². The molecule has 0 aromatic heterocycles. The molecule has 2 heteroatoms. The van der Waals surface area contributed by atoms with Crippen LogP contribution in [-0.4, -0.2) is 35.7 Å². The van der Waals surface area contributed by atoms with Crippen molar-refractivity contribution >= 4 is 0 Å². The van der Waals surface area contributed by atoms with Crippen molar-refractivity contribution in [3.05, 3.63) is 0 Å². The summed E-state index contributed by atoms with van der Waals surface area (Å²) in [6.07, 6.45) is 46.8. The van der Waals surface area contributed by atoms with Crippen molar-refractivity contribution < 1.29 is 5.11 Å². The van der Waals surface area contributed by atoms with E-state index in [9.17, 15) is 5.11 Å². The summed E-state index contributed by atoms with van der Waals surface area (Å²) >= 11 is 0. The maximum atomic E-state index is 9.80. The molecule has 254 valence electrons. The third kappa shape index (κ3) is 36.1. The maximum Gasteiger partial charge on any atom is 0.0524 e. The molecule has 0 saturated carbocycles. The van der Waals surface area contributed by atoms with Crippen LogP contribution >= 0.6 is 0 Å². The first kappa shape index (κ1) is 41.9. The molecule has 0 aromatic carbocycles. The first-order valence-electron chi connectivity index (χ1n) is 20.1. The summed E-state index contributed by atoms with van der Waals surface area (Å²) in [5.41, 5.74) is 0. The number of aliphatic hydroxyl groups is 1. The number of nitrogens with zero attached hydrogens (tertiary/aromatic N) is 1. The molecule has 0 spiro atoms. The molecule has 1 atom stereocenters. The molecule has 0 heterocycles. The van der Waals surface area contributed by atoms with Crippen LogP contribution in [0, 0.1) is 0 Å². The predicted octanol–water partition coefficient (Wildman–Crippen LogP) is 13.6. The molecule has 0 fully saturated rings. The Hall–Kier alpha value is -0.0800. The van der Waals surface area contributed by atoms with Gasteiger partial charge in [-0.05, 0) is 39.3 Å². The van der Waals surface area contributed by atoms with Gasteiger partial charge in [-0.25, -0.2) is 0 Å².